The van der Waals surface area contributed by atoms with Crippen LogP contribution in [-0.2, 0) is 0 Å². The predicted molar refractivity (Wildman–Crippen MR) is 68.7 cm³/mol. The Bertz CT molecular complexity index is 337. The van der Waals surface area contributed by atoms with Crippen molar-refractivity contribution in [2.75, 3.05) is 13.2 Å². The Morgan fingerprint density at radius 1 is 1.24 bits per heavy atom. The standard InChI is InChI=1S/C14H21NO2/c1-3-16-12-4-6-13(7-5-12)17-14-8-9-15-11(2)10-14/h4-7,11,14-15H,3,8-10H2,1-2H3. The summed E-state index contributed by atoms with van der Waals surface area (Å²) in [5, 5.41) is 3.42. The summed E-state index contributed by atoms with van der Waals surface area (Å²) < 4.78 is 11.4. The van der Waals surface area contributed by atoms with Crippen LogP contribution in [0, 0.1) is 0 Å². The summed E-state index contributed by atoms with van der Waals surface area (Å²) in [6, 6.07) is 8.44. The molecule has 1 saturated heterocycles. The summed E-state index contributed by atoms with van der Waals surface area (Å²) in [5.41, 5.74) is 0. The number of ether oxygens (including phenoxy) is 2. The Morgan fingerprint density at radius 2 is 1.94 bits per heavy atom. The molecule has 1 aromatic rings. The van der Waals surface area contributed by atoms with Crippen molar-refractivity contribution < 1.29 is 9.47 Å². The van der Waals surface area contributed by atoms with Crippen molar-refractivity contribution in [3.05, 3.63) is 24.3 Å². The molecule has 17 heavy (non-hydrogen) atoms. The van der Waals surface area contributed by atoms with E-state index in [4.69, 9.17) is 9.47 Å². The summed E-state index contributed by atoms with van der Waals surface area (Å²) in [7, 11) is 0. The van der Waals surface area contributed by atoms with Crippen LogP contribution in [0.4, 0.5) is 0 Å². The van der Waals surface area contributed by atoms with Crippen LogP contribution >= 0.6 is 0 Å². The Morgan fingerprint density at radius 3 is 2.59 bits per heavy atom. The molecule has 0 saturated carbocycles. The molecular weight excluding hydrogens is 214 g/mol. The lowest BCUT2D eigenvalue weighted by atomic mass is 10.0. The molecule has 3 nitrogen and oxygen atoms in total. The molecule has 2 rings (SSSR count). The largest absolute Gasteiger partial charge is 0.494 e. The van der Waals surface area contributed by atoms with Crippen LogP contribution in [0.3, 0.4) is 0 Å². The predicted octanol–water partition coefficient (Wildman–Crippen LogP) is 2.60. The van der Waals surface area contributed by atoms with Gasteiger partial charge in [-0.15, -0.1) is 0 Å². The van der Waals surface area contributed by atoms with Gasteiger partial charge in [0.15, 0.2) is 0 Å². The molecule has 2 atom stereocenters. The highest BCUT2D eigenvalue weighted by Gasteiger charge is 2.19. The van der Waals surface area contributed by atoms with E-state index in [1.165, 1.54) is 0 Å². The minimum absolute atomic E-state index is 0.337. The Kier molecular flexibility index (Phi) is 4.26. The molecule has 0 amide bonds. The van der Waals surface area contributed by atoms with E-state index in [-0.39, 0.29) is 0 Å². The molecule has 2 unspecified atom stereocenters. The average molecular weight is 235 g/mol. The highest BCUT2D eigenvalue weighted by Crippen LogP contribution is 2.21. The molecule has 94 valence electrons. The lowest BCUT2D eigenvalue weighted by Crippen LogP contribution is -2.40. The highest BCUT2D eigenvalue weighted by molar-refractivity contribution is 5.31. The highest BCUT2D eigenvalue weighted by atomic mass is 16.5. The Labute approximate surface area is 103 Å². The van der Waals surface area contributed by atoms with E-state index < -0.39 is 0 Å². The molecule has 0 aromatic heterocycles. The zero-order valence-electron chi connectivity index (χ0n) is 10.6. The first-order valence-corrected chi connectivity index (χ1v) is 6.41. The van der Waals surface area contributed by atoms with Crippen LogP contribution in [0.2, 0.25) is 0 Å². The summed E-state index contributed by atoms with van der Waals surface area (Å²) in [6.07, 6.45) is 2.49. The molecule has 0 spiro atoms. The number of hydrogen-bond donors (Lipinski definition) is 1. The third-order valence-corrected chi connectivity index (χ3v) is 3.01. The van der Waals surface area contributed by atoms with Gasteiger partial charge >= 0.3 is 0 Å². The van der Waals surface area contributed by atoms with E-state index in [0.29, 0.717) is 18.8 Å². The van der Waals surface area contributed by atoms with Crippen LogP contribution in [0.15, 0.2) is 24.3 Å². The summed E-state index contributed by atoms with van der Waals surface area (Å²) >= 11 is 0. The molecule has 0 radical (unpaired) electrons. The molecule has 0 aliphatic carbocycles. The molecule has 1 heterocycles. The Balaban J connectivity index is 1.89. The summed E-state index contributed by atoms with van der Waals surface area (Å²) in [5.74, 6) is 1.84. The van der Waals surface area contributed by atoms with E-state index in [0.717, 1.165) is 30.9 Å². The zero-order chi connectivity index (χ0) is 12.1. The van der Waals surface area contributed by atoms with E-state index >= 15 is 0 Å². The van der Waals surface area contributed by atoms with Gasteiger partial charge in [-0.25, -0.2) is 0 Å². The first-order valence-electron chi connectivity index (χ1n) is 6.41. The van der Waals surface area contributed by atoms with Crippen molar-refractivity contribution in [2.24, 2.45) is 0 Å². The maximum absolute atomic E-state index is 5.96. The molecule has 1 aromatic carbocycles. The monoisotopic (exact) mass is 235 g/mol. The van der Waals surface area contributed by atoms with Gasteiger partial charge in [-0.3, -0.25) is 0 Å². The van der Waals surface area contributed by atoms with Gasteiger partial charge in [0.1, 0.15) is 17.6 Å². The van der Waals surface area contributed by atoms with Crippen molar-refractivity contribution in [3.63, 3.8) is 0 Å². The molecule has 1 aliphatic rings. The van der Waals surface area contributed by atoms with Gasteiger partial charge in [0.2, 0.25) is 0 Å². The van der Waals surface area contributed by atoms with E-state index in [9.17, 15) is 0 Å². The topological polar surface area (TPSA) is 30.5 Å². The zero-order valence-corrected chi connectivity index (χ0v) is 10.6. The quantitative estimate of drug-likeness (QED) is 0.870. The van der Waals surface area contributed by atoms with Crippen molar-refractivity contribution >= 4 is 0 Å². The van der Waals surface area contributed by atoms with E-state index in [2.05, 4.69) is 12.2 Å². The maximum Gasteiger partial charge on any atom is 0.119 e. The van der Waals surface area contributed by atoms with Gasteiger partial charge in [-0.1, -0.05) is 0 Å². The fourth-order valence-electron chi connectivity index (χ4n) is 2.17. The van der Waals surface area contributed by atoms with E-state index in [1.807, 2.05) is 31.2 Å². The third-order valence-electron chi connectivity index (χ3n) is 3.01. The Hall–Kier alpha value is -1.22. The number of benzene rings is 1. The fourth-order valence-corrected chi connectivity index (χ4v) is 2.17. The van der Waals surface area contributed by atoms with Crippen LogP contribution in [-0.4, -0.2) is 25.3 Å². The first-order chi connectivity index (χ1) is 8.28. The number of hydrogen-bond acceptors (Lipinski definition) is 3. The van der Waals surface area contributed by atoms with Crippen molar-refractivity contribution in [2.45, 2.75) is 38.8 Å². The SMILES string of the molecule is CCOc1ccc(OC2CCNC(C)C2)cc1. The fraction of sp³-hybridized carbons (Fsp3) is 0.571. The first kappa shape index (κ1) is 12.2. The van der Waals surface area contributed by atoms with Gasteiger partial charge in [0, 0.05) is 6.04 Å². The molecule has 1 aliphatic heterocycles. The average Bonchev–Trinajstić information content (AvgIpc) is 2.32. The van der Waals surface area contributed by atoms with Gasteiger partial charge < -0.3 is 14.8 Å². The van der Waals surface area contributed by atoms with Crippen molar-refractivity contribution in [1.82, 2.24) is 5.32 Å². The van der Waals surface area contributed by atoms with Gasteiger partial charge in [0.25, 0.3) is 0 Å². The summed E-state index contributed by atoms with van der Waals surface area (Å²) in [6.45, 7) is 5.93. The van der Waals surface area contributed by atoms with E-state index in [1.54, 1.807) is 0 Å². The van der Waals surface area contributed by atoms with Crippen molar-refractivity contribution in [3.8, 4) is 11.5 Å². The number of rotatable bonds is 4. The third kappa shape index (κ3) is 3.63. The smallest absolute Gasteiger partial charge is 0.119 e. The summed E-state index contributed by atoms with van der Waals surface area (Å²) in [4.78, 5) is 0. The normalized spacial score (nSPS) is 24.4. The number of piperidine rings is 1. The molecule has 3 heteroatoms. The number of nitrogens with one attached hydrogen (secondary N) is 1. The second-order valence-corrected chi connectivity index (χ2v) is 4.52. The van der Waals surface area contributed by atoms with Crippen LogP contribution in [0.5, 0.6) is 11.5 Å². The van der Waals surface area contributed by atoms with Gasteiger partial charge in [-0.2, -0.15) is 0 Å². The molecule has 1 fully saturated rings. The molecular formula is C14H21NO2. The van der Waals surface area contributed by atoms with Crippen LogP contribution in [0.1, 0.15) is 26.7 Å². The second-order valence-electron chi connectivity index (χ2n) is 4.52. The maximum atomic E-state index is 5.96. The van der Waals surface area contributed by atoms with Gasteiger partial charge in [-0.05, 0) is 57.5 Å². The molecule has 0 bridgehead atoms. The van der Waals surface area contributed by atoms with Crippen molar-refractivity contribution in [1.29, 1.82) is 0 Å². The van der Waals surface area contributed by atoms with Gasteiger partial charge in [0.05, 0.1) is 6.61 Å². The van der Waals surface area contributed by atoms with Crippen LogP contribution in [0.25, 0.3) is 0 Å². The minimum atomic E-state index is 0.337. The molecule has 1 N–H and O–H groups in total. The minimum Gasteiger partial charge on any atom is -0.494 e. The van der Waals surface area contributed by atoms with Crippen LogP contribution < -0.4 is 14.8 Å². The lowest BCUT2D eigenvalue weighted by molar-refractivity contribution is 0.144. The lowest BCUT2D eigenvalue weighted by Gasteiger charge is -2.28. The second kappa shape index (κ2) is 5.92.